The van der Waals surface area contributed by atoms with Crippen molar-refractivity contribution < 1.29 is 22.9 Å². The Bertz CT molecular complexity index is 629. The molecule has 102 valence electrons. The third-order valence-corrected chi connectivity index (χ3v) is 3.72. The molecule has 0 spiro atoms. The fourth-order valence-electron chi connectivity index (χ4n) is 1.48. The smallest absolute Gasteiger partial charge is 0.425 e. The lowest BCUT2D eigenvalue weighted by Gasteiger charge is -2.14. The summed E-state index contributed by atoms with van der Waals surface area (Å²) in [5, 5.41) is 10.6. The van der Waals surface area contributed by atoms with Crippen molar-refractivity contribution in [3.8, 4) is 0 Å². The van der Waals surface area contributed by atoms with Gasteiger partial charge in [-0.1, -0.05) is 6.07 Å². The molecule has 0 unspecified atom stereocenters. The van der Waals surface area contributed by atoms with Gasteiger partial charge in [-0.25, -0.2) is 4.79 Å². The summed E-state index contributed by atoms with van der Waals surface area (Å²) in [6.45, 7) is -0.113. The average Bonchev–Trinajstić information content (AvgIpc) is 2.76. The van der Waals surface area contributed by atoms with Crippen LogP contribution in [0, 0.1) is 10.1 Å². The molecule has 0 atom stereocenters. The molecule has 19 heavy (non-hydrogen) atoms. The Hall–Kier alpha value is -2.36. The SMILES string of the molecule is O=C1OCCN1S(=O)(=O)Nc1cccc([N+](=O)[O-])c1. The fraction of sp³-hybridized carbons (Fsp3) is 0.222. The lowest BCUT2D eigenvalue weighted by Crippen LogP contribution is -2.36. The van der Waals surface area contributed by atoms with Crippen LogP contribution >= 0.6 is 0 Å². The van der Waals surface area contributed by atoms with E-state index in [0.29, 0.717) is 4.31 Å². The number of hydrogen-bond donors (Lipinski definition) is 1. The van der Waals surface area contributed by atoms with E-state index in [1.165, 1.54) is 18.2 Å². The number of non-ortho nitro benzene ring substituents is 1. The number of ether oxygens (including phenoxy) is 1. The topological polar surface area (TPSA) is 119 Å². The van der Waals surface area contributed by atoms with Crippen LogP contribution in [0.15, 0.2) is 24.3 Å². The van der Waals surface area contributed by atoms with Crippen LogP contribution < -0.4 is 4.72 Å². The number of nitrogens with one attached hydrogen (secondary N) is 1. The van der Waals surface area contributed by atoms with Gasteiger partial charge in [0.15, 0.2) is 0 Å². The molecule has 0 saturated carbocycles. The number of carbonyl (C=O) groups excluding carboxylic acids is 1. The molecule has 9 nitrogen and oxygen atoms in total. The van der Waals surface area contributed by atoms with Gasteiger partial charge in [0, 0.05) is 12.1 Å². The summed E-state index contributed by atoms with van der Waals surface area (Å²) in [5.41, 5.74) is -0.266. The zero-order valence-corrected chi connectivity index (χ0v) is 10.3. The van der Waals surface area contributed by atoms with E-state index in [2.05, 4.69) is 9.46 Å². The summed E-state index contributed by atoms with van der Waals surface area (Å²) >= 11 is 0. The second-order valence-electron chi connectivity index (χ2n) is 3.60. The molecule has 1 saturated heterocycles. The zero-order chi connectivity index (χ0) is 14.0. The number of anilines is 1. The Morgan fingerprint density at radius 2 is 2.16 bits per heavy atom. The highest BCUT2D eigenvalue weighted by atomic mass is 32.2. The van der Waals surface area contributed by atoms with Crippen LogP contribution in [0.25, 0.3) is 0 Å². The molecule has 1 aromatic rings. The number of cyclic esters (lactones) is 1. The van der Waals surface area contributed by atoms with Crippen molar-refractivity contribution in [2.24, 2.45) is 0 Å². The standard InChI is InChI=1S/C9H9N3O6S/c13-9-11(4-5-18-9)19(16,17)10-7-2-1-3-8(6-7)12(14)15/h1-3,6,10H,4-5H2. The largest absolute Gasteiger partial charge is 0.447 e. The Morgan fingerprint density at radius 1 is 1.42 bits per heavy atom. The van der Waals surface area contributed by atoms with E-state index in [-0.39, 0.29) is 24.5 Å². The molecule has 1 aromatic carbocycles. The van der Waals surface area contributed by atoms with E-state index in [1.54, 1.807) is 0 Å². The van der Waals surface area contributed by atoms with Crippen molar-refractivity contribution >= 4 is 27.7 Å². The Morgan fingerprint density at radius 3 is 2.74 bits per heavy atom. The van der Waals surface area contributed by atoms with E-state index in [4.69, 9.17) is 0 Å². The van der Waals surface area contributed by atoms with Gasteiger partial charge in [-0.2, -0.15) is 12.7 Å². The maximum absolute atomic E-state index is 11.8. The normalized spacial score (nSPS) is 15.2. The van der Waals surface area contributed by atoms with Crippen molar-refractivity contribution in [1.82, 2.24) is 4.31 Å². The second-order valence-corrected chi connectivity index (χ2v) is 5.20. The summed E-state index contributed by atoms with van der Waals surface area (Å²) in [6.07, 6.45) is -0.974. The first-order valence-electron chi connectivity index (χ1n) is 5.12. The van der Waals surface area contributed by atoms with E-state index in [1.807, 2.05) is 0 Å². The van der Waals surface area contributed by atoms with Gasteiger partial charge in [0.1, 0.15) is 6.61 Å². The summed E-state index contributed by atoms with van der Waals surface area (Å²) < 4.78 is 30.8. The first-order chi connectivity index (χ1) is 8.90. The van der Waals surface area contributed by atoms with Crippen LogP contribution in [0.3, 0.4) is 0 Å². The van der Waals surface area contributed by atoms with Crippen molar-refractivity contribution in [2.75, 3.05) is 17.9 Å². The molecule has 10 heteroatoms. The third kappa shape index (κ3) is 2.73. The molecule has 1 aliphatic rings. The van der Waals surface area contributed by atoms with E-state index < -0.39 is 21.2 Å². The first kappa shape index (κ1) is 13.1. The monoisotopic (exact) mass is 287 g/mol. The summed E-state index contributed by atoms with van der Waals surface area (Å²) in [4.78, 5) is 21.1. The quantitative estimate of drug-likeness (QED) is 0.643. The average molecular weight is 287 g/mol. The predicted molar refractivity (Wildman–Crippen MR) is 63.7 cm³/mol. The zero-order valence-electron chi connectivity index (χ0n) is 9.48. The minimum absolute atomic E-state index is 0.00565. The molecule has 1 fully saturated rings. The summed E-state index contributed by atoms with van der Waals surface area (Å²) in [5.74, 6) is 0. The minimum atomic E-state index is -4.12. The second kappa shape index (κ2) is 4.72. The Balaban J connectivity index is 2.23. The molecule has 0 aliphatic carbocycles. The van der Waals surface area contributed by atoms with Gasteiger partial charge in [0.2, 0.25) is 0 Å². The van der Waals surface area contributed by atoms with Crippen molar-refractivity contribution in [1.29, 1.82) is 0 Å². The number of amides is 1. The van der Waals surface area contributed by atoms with Crippen molar-refractivity contribution in [3.63, 3.8) is 0 Å². The van der Waals surface area contributed by atoms with E-state index in [9.17, 15) is 23.3 Å². The van der Waals surface area contributed by atoms with Crippen molar-refractivity contribution in [2.45, 2.75) is 0 Å². The van der Waals surface area contributed by atoms with Gasteiger partial charge in [0.05, 0.1) is 17.2 Å². The van der Waals surface area contributed by atoms with Gasteiger partial charge >= 0.3 is 16.3 Å². The first-order valence-corrected chi connectivity index (χ1v) is 6.56. The van der Waals surface area contributed by atoms with Gasteiger partial charge < -0.3 is 4.74 Å². The molecule has 0 bridgehead atoms. The maximum Gasteiger partial charge on any atom is 0.425 e. The molecule has 1 heterocycles. The van der Waals surface area contributed by atoms with Crippen LogP contribution in [0.1, 0.15) is 0 Å². The molecular weight excluding hydrogens is 278 g/mol. The van der Waals surface area contributed by atoms with Crippen molar-refractivity contribution in [3.05, 3.63) is 34.4 Å². The molecule has 2 rings (SSSR count). The summed E-state index contributed by atoms with van der Waals surface area (Å²) in [7, 11) is -4.12. The number of benzene rings is 1. The number of nitrogens with zero attached hydrogens (tertiary/aromatic N) is 2. The number of carbonyl (C=O) groups is 1. The molecule has 1 N–H and O–H groups in total. The Kier molecular flexibility index (Phi) is 3.25. The van der Waals surface area contributed by atoms with Crippen LogP contribution in [0.5, 0.6) is 0 Å². The lowest BCUT2D eigenvalue weighted by atomic mass is 10.3. The molecule has 1 aliphatic heterocycles. The molecule has 0 radical (unpaired) electrons. The van der Waals surface area contributed by atoms with Gasteiger partial charge in [-0.05, 0) is 6.07 Å². The highest BCUT2D eigenvalue weighted by Crippen LogP contribution is 2.20. The molecule has 0 aromatic heterocycles. The van der Waals surface area contributed by atoms with Gasteiger partial charge in [0.25, 0.3) is 5.69 Å². The fourth-order valence-corrected chi connectivity index (χ4v) is 2.58. The number of nitro benzene ring substituents is 1. The van der Waals surface area contributed by atoms with E-state index in [0.717, 1.165) is 6.07 Å². The lowest BCUT2D eigenvalue weighted by molar-refractivity contribution is -0.384. The maximum atomic E-state index is 11.8. The van der Waals surface area contributed by atoms with Crippen LogP contribution in [-0.2, 0) is 14.9 Å². The van der Waals surface area contributed by atoms with E-state index >= 15 is 0 Å². The number of nitro groups is 1. The highest BCUT2D eigenvalue weighted by Gasteiger charge is 2.33. The molecular formula is C9H9N3O6S. The number of hydrogen-bond acceptors (Lipinski definition) is 6. The predicted octanol–water partition coefficient (Wildman–Crippen LogP) is 0.704. The van der Waals surface area contributed by atoms with Gasteiger partial charge in [-0.3, -0.25) is 14.8 Å². The highest BCUT2D eigenvalue weighted by molar-refractivity contribution is 7.90. The van der Waals surface area contributed by atoms with Gasteiger partial charge in [-0.15, -0.1) is 0 Å². The van der Waals surface area contributed by atoms with Crippen LogP contribution in [-0.4, -0.2) is 36.9 Å². The van der Waals surface area contributed by atoms with Crippen LogP contribution in [0.4, 0.5) is 16.2 Å². The minimum Gasteiger partial charge on any atom is -0.447 e. The third-order valence-electron chi connectivity index (χ3n) is 2.32. The van der Waals surface area contributed by atoms with Crippen LogP contribution in [0.2, 0.25) is 0 Å². The summed E-state index contributed by atoms with van der Waals surface area (Å²) in [6, 6.07) is 4.95. The molecule has 1 amide bonds. The Labute approximate surface area is 108 Å². The number of rotatable bonds is 4.